The number of likely N-dealkylation sites (N-methyl/N-ethyl adjacent to an activating group) is 1. The Labute approximate surface area is 233 Å². The van der Waals surface area contributed by atoms with E-state index in [1.165, 1.54) is 23.0 Å². The van der Waals surface area contributed by atoms with Crippen molar-refractivity contribution >= 4 is 36.5 Å². The number of halogens is 3. The molecule has 0 aliphatic heterocycles. The number of rotatable bonds is 10. The first kappa shape index (κ1) is 29.4. The third kappa shape index (κ3) is 6.11. The highest BCUT2D eigenvalue weighted by Crippen LogP contribution is 2.50. The summed E-state index contributed by atoms with van der Waals surface area (Å²) in [6, 6.07) is 10.7. The van der Waals surface area contributed by atoms with Crippen molar-refractivity contribution in [2.24, 2.45) is 0 Å². The molecule has 0 spiro atoms. The van der Waals surface area contributed by atoms with Crippen molar-refractivity contribution in [1.29, 1.82) is 0 Å². The Morgan fingerprint density at radius 2 is 1.95 bits per heavy atom. The van der Waals surface area contributed by atoms with Gasteiger partial charge >= 0.3 is 0 Å². The van der Waals surface area contributed by atoms with Gasteiger partial charge in [0, 0.05) is 41.7 Å². The van der Waals surface area contributed by atoms with Gasteiger partial charge in [-0.2, -0.15) is 0 Å². The van der Waals surface area contributed by atoms with Crippen molar-refractivity contribution in [3.63, 3.8) is 0 Å². The molecule has 0 bridgehead atoms. The molecule has 2 aromatic carbocycles. The van der Waals surface area contributed by atoms with Crippen LogP contribution in [0.4, 0.5) is 10.2 Å². The maximum Gasteiger partial charge on any atom is 0.297 e. The molecule has 11 heteroatoms. The van der Waals surface area contributed by atoms with E-state index in [1.54, 1.807) is 13.0 Å². The van der Waals surface area contributed by atoms with Crippen LogP contribution in [0.2, 0.25) is 0 Å². The van der Waals surface area contributed by atoms with Gasteiger partial charge in [0.15, 0.2) is 5.82 Å². The van der Waals surface area contributed by atoms with E-state index in [2.05, 4.69) is 20.9 Å². The van der Waals surface area contributed by atoms with Crippen molar-refractivity contribution < 1.29 is 13.9 Å². The lowest BCUT2D eigenvalue weighted by Crippen LogP contribution is -2.30. The predicted octanol–water partition coefficient (Wildman–Crippen LogP) is 4.12. The zero-order valence-corrected chi connectivity index (χ0v) is 22.9. The number of carbonyl (C=O) groups excluding carboxylic acids is 1. The van der Waals surface area contributed by atoms with Crippen molar-refractivity contribution in [2.45, 2.75) is 44.2 Å². The number of carbonyl (C=O) groups is 1. The van der Waals surface area contributed by atoms with Crippen molar-refractivity contribution in [3.05, 3.63) is 81.7 Å². The van der Waals surface area contributed by atoms with Gasteiger partial charge < -0.3 is 20.7 Å². The molecular weight excluding hydrogens is 532 g/mol. The Hall–Kier alpha value is -3.14. The Morgan fingerprint density at radius 1 is 1.21 bits per heavy atom. The average molecular weight is 564 g/mol. The van der Waals surface area contributed by atoms with E-state index in [4.69, 9.17) is 4.74 Å². The molecule has 3 aromatic rings. The fourth-order valence-electron chi connectivity index (χ4n) is 4.29. The molecule has 1 heterocycles. The largest absolute Gasteiger partial charge is 0.492 e. The maximum absolute atomic E-state index is 14.8. The van der Waals surface area contributed by atoms with Crippen LogP contribution < -0.4 is 26.2 Å². The van der Waals surface area contributed by atoms with E-state index in [-0.39, 0.29) is 53.7 Å². The minimum Gasteiger partial charge on any atom is -0.492 e. The van der Waals surface area contributed by atoms with E-state index in [0.29, 0.717) is 18.8 Å². The summed E-state index contributed by atoms with van der Waals surface area (Å²) in [7, 11) is 1.87. The molecule has 38 heavy (non-hydrogen) atoms. The second kappa shape index (κ2) is 12.1. The van der Waals surface area contributed by atoms with Gasteiger partial charge in [-0.1, -0.05) is 18.2 Å². The molecule has 3 N–H and O–H groups in total. The Bertz CT molecular complexity index is 1360. The Balaban J connectivity index is 0.00000200. The minimum atomic E-state index is -0.544. The van der Waals surface area contributed by atoms with Gasteiger partial charge in [0.05, 0.1) is 11.2 Å². The number of anilines is 1. The monoisotopic (exact) mass is 563 g/mol. The third-order valence-electron chi connectivity index (χ3n) is 6.71. The van der Waals surface area contributed by atoms with Gasteiger partial charge in [0.2, 0.25) is 0 Å². The molecular formula is C27H32Cl2FN5O3. The van der Waals surface area contributed by atoms with E-state index in [9.17, 15) is 14.0 Å². The van der Waals surface area contributed by atoms with E-state index >= 15 is 0 Å². The first-order chi connectivity index (χ1) is 17.4. The molecule has 8 nitrogen and oxygen atoms in total. The lowest BCUT2D eigenvalue weighted by molar-refractivity contribution is 0.0950. The van der Waals surface area contributed by atoms with Gasteiger partial charge in [-0.05, 0) is 57.9 Å². The summed E-state index contributed by atoms with van der Waals surface area (Å²) in [5, 5.41) is 9.28. The topological polar surface area (TPSA) is 97.3 Å². The van der Waals surface area contributed by atoms with Crippen molar-refractivity contribution in [2.75, 3.05) is 25.5 Å². The van der Waals surface area contributed by atoms with Crippen molar-refractivity contribution in [1.82, 2.24) is 20.2 Å². The number of amides is 1. The average Bonchev–Trinajstić information content (AvgIpc) is 3.81. The molecule has 0 saturated heterocycles. The number of nitrogens with one attached hydrogen (secondary N) is 3. The summed E-state index contributed by atoms with van der Waals surface area (Å²) < 4.78 is 22.1. The van der Waals surface area contributed by atoms with Crippen LogP contribution in [0.15, 0.2) is 53.6 Å². The Kier molecular flexibility index (Phi) is 9.40. The standard InChI is InChI=1S/C27H30FN5O3.2ClH/c1-17-21(28)15-18(25(34)31-19-7-8-19)16-22(17)33-13-11-30-24(26(33)35)32-27(9-10-27)20-5-3-4-6-23(20)36-14-12-29-2;;/h3-6,11,13,15-16,19,29H,7-10,12,14H2,1-2H3,(H,30,32)(H,31,34);2*1H. The highest BCUT2D eigenvalue weighted by Gasteiger charge is 2.47. The normalized spacial score (nSPS) is 15.0. The first-order valence-corrected chi connectivity index (χ1v) is 12.3. The van der Waals surface area contributed by atoms with Gasteiger partial charge in [-0.15, -0.1) is 24.8 Å². The number of ether oxygens (including phenoxy) is 1. The molecule has 204 valence electrons. The molecule has 2 fully saturated rings. The fraction of sp³-hybridized carbons (Fsp3) is 0.370. The summed E-state index contributed by atoms with van der Waals surface area (Å²) in [6.45, 7) is 2.83. The van der Waals surface area contributed by atoms with E-state index in [0.717, 1.165) is 37.0 Å². The lowest BCUT2D eigenvalue weighted by atomic mass is 10.0. The zero-order valence-electron chi connectivity index (χ0n) is 21.3. The number of hydrogen-bond donors (Lipinski definition) is 3. The third-order valence-corrected chi connectivity index (χ3v) is 6.71. The summed E-state index contributed by atoms with van der Waals surface area (Å²) in [6.07, 6.45) is 6.49. The smallest absolute Gasteiger partial charge is 0.297 e. The molecule has 1 amide bonds. The number of nitrogens with zero attached hydrogens (tertiary/aromatic N) is 2. The molecule has 5 rings (SSSR count). The maximum atomic E-state index is 14.8. The minimum absolute atomic E-state index is 0. The lowest BCUT2D eigenvalue weighted by Gasteiger charge is -2.22. The number of hydrogen-bond acceptors (Lipinski definition) is 6. The van der Waals surface area contributed by atoms with Gasteiger partial charge in [-0.3, -0.25) is 14.2 Å². The molecule has 2 aliphatic rings. The first-order valence-electron chi connectivity index (χ1n) is 12.3. The quantitative estimate of drug-likeness (QED) is 0.321. The summed E-state index contributed by atoms with van der Waals surface area (Å²) >= 11 is 0. The van der Waals surface area contributed by atoms with E-state index < -0.39 is 16.9 Å². The van der Waals surface area contributed by atoms with Gasteiger partial charge in [0.25, 0.3) is 11.5 Å². The van der Waals surface area contributed by atoms with Crippen LogP contribution in [-0.2, 0) is 5.54 Å². The van der Waals surface area contributed by atoms with Gasteiger partial charge in [-0.25, -0.2) is 9.37 Å². The SMILES string of the molecule is CNCCOc1ccccc1C1(Nc2nccn(-c3cc(C(=O)NC4CC4)cc(F)c3C)c2=O)CC1.Cl.Cl. The highest BCUT2D eigenvalue weighted by molar-refractivity contribution is 5.95. The second-order valence-electron chi connectivity index (χ2n) is 9.46. The van der Waals surface area contributed by atoms with Crippen LogP contribution >= 0.6 is 24.8 Å². The van der Waals surface area contributed by atoms with Crippen LogP contribution in [-0.4, -0.2) is 41.7 Å². The van der Waals surface area contributed by atoms with E-state index in [1.807, 2.05) is 31.3 Å². The second-order valence-corrected chi connectivity index (χ2v) is 9.46. The predicted molar refractivity (Wildman–Crippen MR) is 150 cm³/mol. The number of aromatic nitrogens is 2. The molecule has 0 atom stereocenters. The van der Waals surface area contributed by atoms with Gasteiger partial charge in [0.1, 0.15) is 18.2 Å². The zero-order chi connectivity index (χ0) is 25.3. The molecule has 0 unspecified atom stereocenters. The summed E-state index contributed by atoms with van der Waals surface area (Å²) in [4.78, 5) is 30.4. The van der Waals surface area contributed by atoms with Crippen LogP contribution in [0.5, 0.6) is 5.75 Å². The van der Waals surface area contributed by atoms with Crippen LogP contribution in [0.25, 0.3) is 5.69 Å². The molecule has 2 aliphatic carbocycles. The molecule has 1 aromatic heterocycles. The van der Waals surface area contributed by atoms with Crippen LogP contribution in [0, 0.1) is 12.7 Å². The molecule has 0 radical (unpaired) electrons. The summed E-state index contributed by atoms with van der Waals surface area (Å²) in [5.74, 6) is 0.0388. The number of benzene rings is 2. The van der Waals surface area contributed by atoms with Crippen LogP contribution in [0.3, 0.4) is 0 Å². The van der Waals surface area contributed by atoms with Crippen molar-refractivity contribution in [3.8, 4) is 11.4 Å². The fourth-order valence-corrected chi connectivity index (χ4v) is 4.29. The van der Waals surface area contributed by atoms with Crippen LogP contribution in [0.1, 0.15) is 47.2 Å². The Morgan fingerprint density at radius 3 is 2.63 bits per heavy atom. The molecule has 2 saturated carbocycles. The summed E-state index contributed by atoms with van der Waals surface area (Å²) in [5.41, 5.74) is 0.866. The number of para-hydroxylation sites is 1. The highest BCUT2D eigenvalue weighted by atomic mass is 35.5.